The highest BCUT2D eigenvalue weighted by molar-refractivity contribution is 5.96. The van der Waals surface area contributed by atoms with E-state index < -0.39 is 0 Å². The highest BCUT2D eigenvalue weighted by atomic mass is 35.5. The zero-order valence-electron chi connectivity index (χ0n) is 12.9. The van der Waals surface area contributed by atoms with Crippen molar-refractivity contribution in [1.82, 2.24) is 15.1 Å². The standard InChI is InChI=1S/C15H21N3O3.ClH/c1-17(11-14(19)18-9-7-16-8-10-18)15(20)12-3-5-13(21-2)6-4-12;/h3-6,16H,7-11H2,1-2H3;1H. The molecule has 1 saturated heterocycles. The summed E-state index contributed by atoms with van der Waals surface area (Å²) >= 11 is 0. The second kappa shape index (κ2) is 8.60. The Kier molecular flexibility index (Phi) is 7.14. The first-order chi connectivity index (χ1) is 10.1. The summed E-state index contributed by atoms with van der Waals surface area (Å²) in [6.07, 6.45) is 0. The lowest BCUT2D eigenvalue weighted by molar-refractivity contribution is -0.132. The summed E-state index contributed by atoms with van der Waals surface area (Å²) in [5.74, 6) is 0.521. The molecule has 0 unspecified atom stereocenters. The van der Waals surface area contributed by atoms with Gasteiger partial charge in [0.25, 0.3) is 5.91 Å². The quantitative estimate of drug-likeness (QED) is 0.880. The molecular weight excluding hydrogens is 306 g/mol. The second-order valence-electron chi connectivity index (χ2n) is 5.02. The van der Waals surface area contributed by atoms with Crippen molar-refractivity contribution < 1.29 is 14.3 Å². The average Bonchev–Trinajstić information content (AvgIpc) is 2.55. The molecule has 0 saturated carbocycles. The van der Waals surface area contributed by atoms with Gasteiger partial charge in [0.1, 0.15) is 5.75 Å². The van der Waals surface area contributed by atoms with Gasteiger partial charge in [-0.3, -0.25) is 9.59 Å². The normalized spacial score (nSPS) is 14.0. The number of nitrogens with one attached hydrogen (secondary N) is 1. The van der Waals surface area contributed by atoms with Crippen LogP contribution in [-0.2, 0) is 4.79 Å². The Morgan fingerprint density at radius 2 is 1.82 bits per heavy atom. The topological polar surface area (TPSA) is 61.9 Å². The molecule has 1 heterocycles. The van der Waals surface area contributed by atoms with Crippen LogP contribution in [0.15, 0.2) is 24.3 Å². The predicted octanol–water partition coefficient (Wildman–Crippen LogP) is 0.621. The fourth-order valence-electron chi connectivity index (χ4n) is 2.24. The number of likely N-dealkylation sites (N-methyl/N-ethyl adjacent to an activating group) is 1. The zero-order chi connectivity index (χ0) is 15.2. The second-order valence-corrected chi connectivity index (χ2v) is 5.02. The summed E-state index contributed by atoms with van der Waals surface area (Å²) in [4.78, 5) is 27.6. The number of ether oxygens (including phenoxy) is 1. The summed E-state index contributed by atoms with van der Waals surface area (Å²) in [7, 11) is 3.22. The molecule has 0 spiro atoms. The van der Waals surface area contributed by atoms with Crippen molar-refractivity contribution in [3.8, 4) is 5.75 Å². The Morgan fingerprint density at radius 3 is 2.36 bits per heavy atom. The number of nitrogens with zero attached hydrogens (tertiary/aromatic N) is 2. The van der Waals surface area contributed by atoms with Crippen LogP contribution in [-0.4, -0.2) is 68.5 Å². The SMILES string of the molecule is COc1ccc(C(=O)N(C)CC(=O)N2CCNCC2)cc1.Cl. The molecule has 6 nitrogen and oxygen atoms in total. The van der Waals surface area contributed by atoms with E-state index in [0.717, 1.165) is 13.1 Å². The first-order valence-corrected chi connectivity index (χ1v) is 7.00. The number of carbonyl (C=O) groups is 2. The molecule has 0 atom stereocenters. The van der Waals surface area contributed by atoms with Gasteiger partial charge in [-0.15, -0.1) is 12.4 Å². The van der Waals surface area contributed by atoms with Crippen molar-refractivity contribution in [3.05, 3.63) is 29.8 Å². The fourth-order valence-corrected chi connectivity index (χ4v) is 2.24. The van der Waals surface area contributed by atoms with E-state index in [0.29, 0.717) is 24.4 Å². The third kappa shape index (κ3) is 4.61. The van der Waals surface area contributed by atoms with Gasteiger partial charge in [-0.25, -0.2) is 0 Å². The van der Waals surface area contributed by atoms with Gasteiger partial charge in [-0.05, 0) is 24.3 Å². The van der Waals surface area contributed by atoms with Crippen molar-refractivity contribution in [3.63, 3.8) is 0 Å². The molecule has 1 aliphatic heterocycles. The lowest BCUT2D eigenvalue weighted by Gasteiger charge is -2.29. The first-order valence-electron chi connectivity index (χ1n) is 7.00. The van der Waals surface area contributed by atoms with E-state index in [1.54, 1.807) is 43.3 Å². The minimum atomic E-state index is -0.166. The molecule has 122 valence electrons. The molecule has 2 rings (SSSR count). The summed E-state index contributed by atoms with van der Waals surface area (Å²) in [5, 5.41) is 3.20. The minimum Gasteiger partial charge on any atom is -0.497 e. The lowest BCUT2D eigenvalue weighted by Crippen LogP contribution is -2.49. The summed E-state index contributed by atoms with van der Waals surface area (Å²) in [6.45, 7) is 3.11. The highest BCUT2D eigenvalue weighted by Gasteiger charge is 2.20. The van der Waals surface area contributed by atoms with Crippen molar-refractivity contribution >= 4 is 24.2 Å². The van der Waals surface area contributed by atoms with Crippen LogP contribution < -0.4 is 10.1 Å². The molecule has 1 N–H and O–H groups in total. The Bertz CT molecular complexity index is 501. The molecule has 0 bridgehead atoms. The first kappa shape index (κ1) is 18.3. The van der Waals surface area contributed by atoms with E-state index in [2.05, 4.69) is 5.32 Å². The lowest BCUT2D eigenvalue weighted by atomic mass is 10.2. The van der Waals surface area contributed by atoms with E-state index in [1.165, 1.54) is 4.90 Å². The number of amides is 2. The molecular formula is C15H22ClN3O3. The summed E-state index contributed by atoms with van der Waals surface area (Å²) < 4.78 is 5.06. The van der Waals surface area contributed by atoms with Gasteiger partial charge in [0.2, 0.25) is 5.91 Å². The Balaban J connectivity index is 0.00000242. The monoisotopic (exact) mass is 327 g/mol. The van der Waals surface area contributed by atoms with Crippen LogP contribution >= 0.6 is 12.4 Å². The van der Waals surface area contributed by atoms with Gasteiger partial charge in [0.05, 0.1) is 13.7 Å². The number of halogens is 1. The van der Waals surface area contributed by atoms with E-state index in [4.69, 9.17) is 4.74 Å². The van der Waals surface area contributed by atoms with Gasteiger partial charge in [-0.2, -0.15) is 0 Å². The molecule has 7 heteroatoms. The maximum Gasteiger partial charge on any atom is 0.254 e. The highest BCUT2D eigenvalue weighted by Crippen LogP contribution is 2.12. The van der Waals surface area contributed by atoms with Gasteiger partial charge < -0.3 is 19.9 Å². The predicted molar refractivity (Wildman–Crippen MR) is 86.7 cm³/mol. The van der Waals surface area contributed by atoms with Crippen LogP contribution in [0, 0.1) is 0 Å². The molecule has 0 radical (unpaired) electrons. The van der Waals surface area contributed by atoms with Gasteiger partial charge in [0.15, 0.2) is 0 Å². The summed E-state index contributed by atoms with van der Waals surface area (Å²) in [5.41, 5.74) is 0.548. The number of methoxy groups -OCH3 is 1. The third-order valence-electron chi connectivity index (χ3n) is 3.53. The molecule has 0 aliphatic carbocycles. The van der Waals surface area contributed by atoms with Crippen LogP contribution in [0.25, 0.3) is 0 Å². The van der Waals surface area contributed by atoms with E-state index >= 15 is 0 Å². The van der Waals surface area contributed by atoms with E-state index in [1.807, 2.05) is 0 Å². The van der Waals surface area contributed by atoms with E-state index in [9.17, 15) is 9.59 Å². The third-order valence-corrected chi connectivity index (χ3v) is 3.53. The maximum absolute atomic E-state index is 12.3. The van der Waals surface area contributed by atoms with Gasteiger partial charge in [-0.1, -0.05) is 0 Å². The average molecular weight is 328 g/mol. The van der Waals surface area contributed by atoms with Crippen LogP contribution in [0.2, 0.25) is 0 Å². The largest absolute Gasteiger partial charge is 0.497 e. The van der Waals surface area contributed by atoms with Crippen LogP contribution in [0.3, 0.4) is 0 Å². The van der Waals surface area contributed by atoms with Gasteiger partial charge in [0, 0.05) is 38.8 Å². The summed E-state index contributed by atoms with van der Waals surface area (Å²) in [6, 6.07) is 6.87. The number of carbonyl (C=O) groups excluding carboxylic acids is 2. The Labute approximate surface area is 136 Å². The molecule has 0 aromatic heterocycles. The molecule has 1 aromatic carbocycles. The number of rotatable bonds is 4. The number of hydrogen-bond acceptors (Lipinski definition) is 4. The van der Waals surface area contributed by atoms with Crippen LogP contribution in [0.1, 0.15) is 10.4 Å². The van der Waals surface area contributed by atoms with Gasteiger partial charge >= 0.3 is 0 Å². The molecule has 1 fully saturated rings. The number of benzene rings is 1. The smallest absolute Gasteiger partial charge is 0.254 e. The van der Waals surface area contributed by atoms with Crippen LogP contribution in [0.4, 0.5) is 0 Å². The van der Waals surface area contributed by atoms with Crippen molar-refractivity contribution in [2.45, 2.75) is 0 Å². The zero-order valence-corrected chi connectivity index (χ0v) is 13.7. The van der Waals surface area contributed by atoms with Crippen LogP contribution in [0.5, 0.6) is 5.75 Å². The van der Waals surface area contributed by atoms with Crippen molar-refractivity contribution in [2.24, 2.45) is 0 Å². The van der Waals surface area contributed by atoms with Crippen molar-refractivity contribution in [2.75, 3.05) is 46.9 Å². The maximum atomic E-state index is 12.3. The molecule has 1 aromatic rings. The fraction of sp³-hybridized carbons (Fsp3) is 0.467. The van der Waals surface area contributed by atoms with Crippen molar-refractivity contribution in [1.29, 1.82) is 0 Å². The minimum absolute atomic E-state index is 0. The van der Waals surface area contributed by atoms with E-state index in [-0.39, 0.29) is 30.8 Å². The number of piperazine rings is 1. The molecule has 22 heavy (non-hydrogen) atoms. The Hall–Kier alpha value is -1.79. The number of hydrogen-bond donors (Lipinski definition) is 1. The molecule has 2 amide bonds. The molecule has 1 aliphatic rings. The Morgan fingerprint density at radius 1 is 1.23 bits per heavy atom.